The minimum atomic E-state index is -0.326. The van der Waals surface area contributed by atoms with Crippen molar-refractivity contribution in [1.29, 1.82) is 0 Å². The summed E-state index contributed by atoms with van der Waals surface area (Å²) < 4.78 is 0. The van der Waals surface area contributed by atoms with E-state index in [-0.39, 0.29) is 11.8 Å². The lowest BCUT2D eigenvalue weighted by Gasteiger charge is -2.10. The van der Waals surface area contributed by atoms with Crippen molar-refractivity contribution in [3.05, 3.63) is 71.7 Å². The summed E-state index contributed by atoms with van der Waals surface area (Å²) in [7, 11) is 1.57. The third-order valence-electron chi connectivity index (χ3n) is 3.77. The number of pyridine rings is 1. The number of carbonyl (C=O) groups is 2. The standard InChI is InChI=1S/C19H17N5O2/c1-12-9-13(18(25)20-2)6-7-15(12)24-19(26)14-10-22-17(23-11-14)16-5-3-4-8-21-16/h3-11H,1-2H3,(H,20,25)(H,24,26). The van der Waals surface area contributed by atoms with Crippen LogP contribution in [-0.2, 0) is 0 Å². The van der Waals surface area contributed by atoms with Gasteiger partial charge in [0, 0.05) is 36.9 Å². The zero-order valence-electron chi connectivity index (χ0n) is 14.4. The topological polar surface area (TPSA) is 96.9 Å². The van der Waals surface area contributed by atoms with E-state index in [9.17, 15) is 9.59 Å². The van der Waals surface area contributed by atoms with Crippen LogP contribution in [0.4, 0.5) is 5.69 Å². The molecule has 26 heavy (non-hydrogen) atoms. The molecule has 0 fully saturated rings. The quantitative estimate of drug-likeness (QED) is 0.756. The second-order valence-electron chi connectivity index (χ2n) is 5.57. The first-order chi connectivity index (χ1) is 12.6. The molecule has 2 heterocycles. The van der Waals surface area contributed by atoms with Gasteiger partial charge in [-0.3, -0.25) is 14.6 Å². The Morgan fingerprint density at radius 3 is 2.31 bits per heavy atom. The molecule has 2 N–H and O–H groups in total. The van der Waals surface area contributed by atoms with Crippen molar-refractivity contribution in [2.45, 2.75) is 6.92 Å². The van der Waals surface area contributed by atoms with Gasteiger partial charge in [-0.15, -0.1) is 0 Å². The number of anilines is 1. The molecule has 0 atom stereocenters. The number of nitrogens with zero attached hydrogens (tertiary/aromatic N) is 3. The van der Waals surface area contributed by atoms with Gasteiger partial charge in [0.1, 0.15) is 5.69 Å². The molecule has 130 valence electrons. The molecule has 0 aliphatic rings. The molecule has 2 amide bonds. The molecule has 0 unspecified atom stereocenters. The number of nitrogens with one attached hydrogen (secondary N) is 2. The van der Waals surface area contributed by atoms with Gasteiger partial charge in [-0.1, -0.05) is 6.07 Å². The fourth-order valence-corrected chi connectivity index (χ4v) is 2.36. The summed E-state index contributed by atoms with van der Waals surface area (Å²) in [5.74, 6) is -0.0499. The lowest BCUT2D eigenvalue weighted by Crippen LogP contribution is -2.18. The average molecular weight is 347 g/mol. The van der Waals surface area contributed by atoms with Crippen LogP contribution in [0, 0.1) is 6.92 Å². The number of amides is 2. The Kier molecular flexibility index (Phi) is 4.98. The molecule has 0 spiro atoms. The summed E-state index contributed by atoms with van der Waals surface area (Å²) in [4.78, 5) is 36.6. The average Bonchev–Trinajstić information content (AvgIpc) is 2.69. The fraction of sp³-hybridized carbons (Fsp3) is 0.105. The van der Waals surface area contributed by atoms with Gasteiger partial charge < -0.3 is 10.6 Å². The molecular formula is C19H17N5O2. The lowest BCUT2D eigenvalue weighted by molar-refractivity contribution is 0.0962. The van der Waals surface area contributed by atoms with Crippen molar-refractivity contribution in [2.75, 3.05) is 12.4 Å². The van der Waals surface area contributed by atoms with Crippen LogP contribution in [0.15, 0.2) is 55.0 Å². The maximum atomic E-state index is 12.4. The molecule has 7 heteroatoms. The van der Waals surface area contributed by atoms with Crippen LogP contribution in [0.5, 0.6) is 0 Å². The summed E-state index contributed by atoms with van der Waals surface area (Å²) >= 11 is 0. The van der Waals surface area contributed by atoms with Gasteiger partial charge in [-0.25, -0.2) is 9.97 Å². The van der Waals surface area contributed by atoms with Crippen molar-refractivity contribution < 1.29 is 9.59 Å². The van der Waals surface area contributed by atoms with Gasteiger partial charge in [-0.05, 0) is 42.8 Å². The van der Waals surface area contributed by atoms with Gasteiger partial charge in [0.2, 0.25) is 0 Å². The minimum absolute atomic E-state index is 0.176. The third kappa shape index (κ3) is 3.72. The van der Waals surface area contributed by atoms with Crippen LogP contribution < -0.4 is 10.6 Å². The smallest absolute Gasteiger partial charge is 0.258 e. The van der Waals surface area contributed by atoms with Crippen molar-refractivity contribution in [3.8, 4) is 11.5 Å². The highest BCUT2D eigenvalue weighted by atomic mass is 16.2. The summed E-state index contributed by atoms with van der Waals surface area (Å²) in [5, 5.41) is 5.37. The molecular weight excluding hydrogens is 330 g/mol. The lowest BCUT2D eigenvalue weighted by atomic mass is 10.1. The second kappa shape index (κ2) is 7.52. The first-order valence-corrected chi connectivity index (χ1v) is 7.96. The van der Waals surface area contributed by atoms with Crippen molar-refractivity contribution >= 4 is 17.5 Å². The Hall–Kier alpha value is -3.61. The van der Waals surface area contributed by atoms with E-state index in [1.807, 2.05) is 19.1 Å². The molecule has 0 radical (unpaired) electrons. The predicted molar refractivity (Wildman–Crippen MR) is 97.8 cm³/mol. The summed E-state index contributed by atoms with van der Waals surface area (Å²) in [5.41, 5.74) is 2.91. The first-order valence-electron chi connectivity index (χ1n) is 7.96. The zero-order chi connectivity index (χ0) is 18.5. The summed E-state index contributed by atoms with van der Waals surface area (Å²) in [6.07, 6.45) is 4.58. The van der Waals surface area contributed by atoms with E-state index in [0.29, 0.717) is 28.3 Å². The van der Waals surface area contributed by atoms with E-state index in [2.05, 4.69) is 25.6 Å². The van der Waals surface area contributed by atoms with E-state index in [4.69, 9.17) is 0 Å². The van der Waals surface area contributed by atoms with E-state index in [1.54, 1.807) is 37.5 Å². The normalized spacial score (nSPS) is 10.2. The van der Waals surface area contributed by atoms with Crippen LogP contribution in [0.1, 0.15) is 26.3 Å². The molecule has 0 bridgehead atoms. The van der Waals surface area contributed by atoms with Gasteiger partial charge in [0.15, 0.2) is 5.82 Å². The predicted octanol–water partition coefficient (Wildman–Crippen LogP) is 2.46. The number of rotatable bonds is 4. The Balaban J connectivity index is 1.75. The van der Waals surface area contributed by atoms with Crippen LogP contribution in [0.2, 0.25) is 0 Å². The summed E-state index contributed by atoms with van der Waals surface area (Å²) in [6.45, 7) is 1.82. The Bertz CT molecular complexity index is 940. The minimum Gasteiger partial charge on any atom is -0.355 e. The molecule has 0 aliphatic carbocycles. The highest BCUT2D eigenvalue weighted by Gasteiger charge is 2.12. The maximum absolute atomic E-state index is 12.4. The Morgan fingerprint density at radius 1 is 0.923 bits per heavy atom. The summed E-state index contributed by atoms with van der Waals surface area (Å²) in [6, 6.07) is 10.5. The number of hydrogen-bond donors (Lipinski definition) is 2. The maximum Gasteiger partial charge on any atom is 0.258 e. The molecule has 0 saturated heterocycles. The third-order valence-corrected chi connectivity index (χ3v) is 3.77. The number of benzene rings is 1. The molecule has 1 aromatic carbocycles. The van der Waals surface area contributed by atoms with Crippen LogP contribution >= 0.6 is 0 Å². The highest BCUT2D eigenvalue weighted by Crippen LogP contribution is 2.18. The number of aromatic nitrogens is 3. The highest BCUT2D eigenvalue weighted by molar-refractivity contribution is 6.04. The van der Waals surface area contributed by atoms with Crippen LogP contribution in [0.3, 0.4) is 0 Å². The van der Waals surface area contributed by atoms with Crippen LogP contribution in [-0.4, -0.2) is 33.8 Å². The number of aryl methyl sites for hydroxylation is 1. The van der Waals surface area contributed by atoms with Gasteiger partial charge in [0.05, 0.1) is 5.56 Å². The monoisotopic (exact) mass is 347 g/mol. The van der Waals surface area contributed by atoms with Crippen LogP contribution in [0.25, 0.3) is 11.5 Å². The van der Waals surface area contributed by atoms with Crippen molar-refractivity contribution in [3.63, 3.8) is 0 Å². The van der Waals surface area contributed by atoms with Gasteiger partial charge in [-0.2, -0.15) is 0 Å². The Labute approximate surface area is 150 Å². The number of hydrogen-bond acceptors (Lipinski definition) is 5. The van der Waals surface area contributed by atoms with E-state index in [1.165, 1.54) is 12.4 Å². The molecule has 0 saturated carbocycles. The van der Waals surface area contributed by atoms with E-state index < -0.39 is 0 Å². The SMILES string of the molecule is CNC(=O)c1ccc(NC(=O)c2cnc(-c3ccccn3)nc2)c(C)c1. The van der Waals surface area contributed by atoms with Crippen molar-refractivity contribution in [1.82, 2.24) is 20.3 Å². The fourth-order valence-electron chi connectivity index (χ4n) is 2.36. The van der Waals surface area contributed by atoms with Gasteiger partial charge in [0.25, 0.3) is 11.8 Å². The van der Waals surface area contributed by atoms with Crippen molar-refractivity contribution in [2.24, 2.45) is 0 Å². The second-order valence-corrected chi connectivity index (χ2v) is 5.57. The number of carbonyl (C=O) groups excluding carboxylic acids is 2. The molecule has 3 aromatic rings. The molecule has 0 aliphatic heterocycles. The molecule has 2 aromatic heterocycles. The van der Waals surface area contributed by atoms with E-state index in [0.717, 1.165) is 5.56 Å². The van der Waals surface area contributed by atoms with E-state index >= 15 is 0 Å². The molecule has 3 rings (SSSR count). The Morgan fingerprint density at radius 2 is 1.69 bits per heavy atom. The largest absolute Gasteiger partial charge is 0.355 e. The molecule has 7 nitrogen and oxygen atoms in total. The van der Waals surface area contributed by atoms with Gasteiger partial charge >= 0.3 is 0 Å². The zero-order valence-corrected chi connectivity index (χ0v) is 14.4. The first kappa shape index (κ1) is 17.2.